The molecule has 2 aliphatic rings. The normalized spacial score (nSPS) is 17.9. The van der Waals surface area contributed by atoms with Crippen LogP contribution in [0.3, 0.4) is 0 Å². The zero-order valence-electron chi connectivity index (χ0n) is 9.75. The molecule has 2 heterocycles. The number of hydrogen-bond donors (Lipinski definition) is 0. The smallest absolute Gasteiger partial charge is 0.342 e. The van der Waals surface area contributed by atoms with Crippen LogP contribution in [-0.4, -0.2) is 11.9 Å². The van der Waals surface area contributed by atoms with Crippen molar-refractivity contribution in [2.75, 3.05) is 0 Å². The summed E-state index contributed by atoms with van der Waals surface area (Å²) in [6, 6.07) is 13.9. The van der Waals surface area contributed by atoms with Crippen LogP contribution in [-0.2, 0) is 15.3 Å². The van der Waals surface area contributed by atoms with Crippen molar-refractivity contribution in [1.29, 1.82) is 0 Å². The van der Waals surface area contributed by atoms with Crippen LogP contribution in [0.15, 0.2) is 48.5 Å². The number of ether oxygens (including phenoxy) is 2. The van der Waals surface area contributed by atoms with Gasteiger partial charge in [0.05, 0.1) is 22.3 Å². The number of carbonyl (C=O) groups excluding carboxylic acids is 2. The Bertz CT molecular complexity index is 669. The molecule has 0 saturated heterocycles. The first kappa shape index (κ1) is 10.3. The topological polar surface area (TPSA) is 52.6 Å². The Morgan fingerprint density at radius 3 is 1.58 bits per heavy atom. The van der Waals surface area contributed by atoms with Gasteiger partial charge in [0.15, 0.2) is 0 Å². The Kier molecular flexibility index (Phi) is 1.75. The molecule has 92 valence electrons. The standard InChI is InChI=1S/C15H8O4/c16-13-9-5-1-3-7-11(9)15(18-13)12-8-4-2-6-10(12)14(17)19-15/h1-8H. The van der Waals surface area contributed by atoms with Crippen LogP contribution in [0.2, 0.25) is 0 Å². The van der Waals surface area contributed by atoms with Crippen LogP contribution < -0.4 is 0 Å². The second kappa shape index (κ2) is 3.23. The van der Waals surface area contributed by atoms with Crippen LogP contribution in [0, 0.1) is 0 Å². The number of hydrogen-bond acceptors (Lipinski definition) is 4. The van der Waals surface area contributed by atoms with Crippen LogP contribution >= 0.6 is 0 Å². The van der Waals surface area contributed by atoms with Gasteiger partial charge in [-0.2, -0.15) is 0 Å². The third kappa shape index (κ3) is 1.13. The van der Waals surface area contributed by atoms with E-state index in [0.29, 0.717) is 22.3 Å². The highest BCUT2D eigenvalue weighted by Crippen LogP contribution is 2.48. The molecule has 2 aliphatic heterocycles. The maximum absolute atomic E-state index is 11.9. The lowest BCUT2D eigenvalue weighted by molar-refractivity contribution is -0.126. The monoisotopic (exact) mass is 252 g/mol. The Morgan fingerprint density at radius 1 is 0.684 bits per heavy atom. The van der Waals surface area contributed by atoms with Gasteiger partial charge in [-0.25, -0.2) is 9.59 Å². The Labute approximate surface area is 108 Å². The summed E-state index contributed by atoms with van der Waals surface area (Å²) in [6.07, 6.45) is 0. The van der Waals surface area contributed by atoms with E-state index < -0.39 is 17.7 Å². The van der Waals surface area contributed by atoms with E-state index in [0.717, 1.165) is 0 Å². The van der Waals surface area contributed by atoms with Gasteiger partial charge in [0, 0.05) is 0 Å². The molecular weight excluding hydrogens is 244 g/mol. The Hall–Kier alpha value is -2.62. The first-order valence-electron chi connectivity index (χ1n) is 5.88. The number of carbonyl (C=O) groups is 2. The quantitative estimate of drug-likeness (QED) is 0.675. The van der Waals surface area contributed by atoms with Crippen LogP contribution in [0.4, 0.5) is 0 Å². The lowest BCUT2D eigenvalue weighted by Gasteiger charge is -2.22. The average Bonchev–Trinajstić information content (AvgIpc) is 2.88. The van der Waals surface area contributed by atoms with Crippen molar-refractivity contribution in [2.45, 2.75) is 5.79 Å². The number of esters is 2. The molecule has 19 heavy (non-hydrogen) atoms. The predicted octanol–water partition coefficient (Wildman–Crippen LogP) is 2.23. The average molecular weight is 252 g/mol. The minimum Gasteiger partial charge on any atom is -0.410 e. The predicted molar refractivity (Wildman–Crippen MR) is 64.5 cm³/mol. The number of benzene rings is 2. The fourth-order valence-corrected chi connectivity index (χ4v) is 2.65. The van der Waals surface area contributed by atoms with E-state index in [-0.39, 0.29) is 0 Å². The van der Waals surface area contributed by atoms with Gasteiger partial charge < -0.3 is 9.47 Å². The molecule has 0 unspecified atom stereocenters. The van der Waals surface area contributed by atoms with Gasteiger partial charge in [-0.15, -0.1) is 0 Å². The highest BCUT2D eigenvalue weighted by Gasteiger charge is 2.56. The second-order valence-electron chi connectivity index (χ2n) is 4.49. The van der Waals surface area contributed by atoms with Crippen molar-refractivity contribution in [3.8, 4) is 0 Å². The van der Waals surface area contributed by atoms with E-state index in [2.05, 4.69) is 0 Å². The van der Waals surface area contributed by atoms with Gasteiger partial charge in [0.1, 0.15) is 0 Å². The van der Waals surface area contributed by atoms with E-state index in [9.17, 15) is 9.59 Å². The van der Waals surface area contributed by atoms with Crippen LogP contribution in [0.1, 0.15) is 31.8 Å². The summed E-state index contributed by atoms with van der Waals surface area (Å²) >= 11 is 0. The van der Waals surface area contributed by atoms with E-state index in [4.69, 9.17) is 9.47 Å². The molecule has 0 bridgehead atoms. The van der Waals surface area contributed by atoms with Gasteiger partial charge in [-0.1, -0.05) is 24.3 Å². The molecule has 0 amide bonds. The maximum atomic E-state index is 11.9. The van der Waals surface area contributed by atoms with Crippen molar-refractivity contribution in [3.63, 3.8) is 0 Å². The summed E-state index contributed by atoms with van der Waals surface area (Å²) < 4.78 is 10.8. The Morgan fingerprint density at radius 2 is 1.11 bits per heavy atom. The summed E-state index contributed by atoms with van der Waals surface area (Å²) in [5.74, 6) is -2.35. The molecule has 0 aliphatic carbocycles. The third-order valence-electron chi connectivity index (χ3n) is 3.48. The van der Waals surface area contributed by atoms with E-state index >= 15 is 0 Å². The zero-order valence-corrected chi connectivity index (χ0v) is 9.75. The largest absolute Gasteiger partial charge is 0.410 e. The highest BCUT2D eigenvalue weighted by atomic mass is 16.7. The summed E-state index contributed by atoms with van der Waals surface area (Å²) in [6.45, 7) is 0. The van der Waals surface area contributed by atoms with E-state index in [1.165, 1.54) is 0 Å². The van der Waals surface area contributed by atoms with Crippen molar-refractivity contribution < 1.29 is 19.1 Å². The zero-order chi connectivity index (χ0) is 13.0. The van der Waals surface area contributed by atoms with Gasteiger partial charge in [-0.3, -0.25) is 0 Å². The molecule has 0 aromatic heterocycles. The molecule has 4 heteroatoms. The first-order chi connectivity index (χ1) is 9.22. The summed E-state index contributed by atoms with van der Waals surface area (Å²) in [5, 5.41) is 0. The summed E-state index contributed by atoms with van der Waals surface area (Å²) in [4.78, 5) is 23.9. The summed E-state index contributed by atoms with van der Waals surface area (Å²) in [7, 11) is 0. The molecule has 0 N–H and O–H groups in total. The van der Waals surface area contributed by atoms with Crippen molar-refractivity contribution in [2.24, 2.45) is 0 Å². The minimum absolute atomic E-state index is 0.437. The van der Waals surface area contributed by atoms with Crippen molar-refractivity contribution >= 4 is 11.9 Å². The second-order valence-corrected chi connectivity index (χ2v) is 4.49. The van der Waals surface area contributed by atoms with Gasteiger partial charge in [0.2, 0.25) is 0 Å². The SMILES string of the molecule is O=C1OC2(OC(=O)c3ccccc32)c2ccccc21. The van der Waals surface area contributed by atoms with E-state index in [1.807, 2.05) is 0 Å². The van der Waals surface area contributed by atoms with Gasteiger partial charge in [0.25, 0.3) is 0 Å². The number of rotatable bonds is 0. The molecule has 2 aromatic rings. The lowest BCUT2D eigenvalue weighted by atomic mass is 9.94. The Balaban J connectivity index is 2.05. The van der Waals surface area contributed by atoms with E-state index in [1.54, 1.807) is 48.5 Å². The van der Waals surface area contributed by atoms with Crippen molar-refractivity contribution in [3.05, 3.63) is 70.8 Å². The number of fused-ring (bicyclic) bond motifs is 4. The molecule has 0 radical (unpaired) electrons. The maximum Gasteiger partial charge on any atom is 0.342 e. The molecule has 4 rings (SSSR count). The third-order valence-corrected chi connectivity index (χ3v) is 3.48. The van der Waals surface area contributed by atoms with Crippen LogP contribution in [0.25, 0.3) is 0 Å². The summed E-state index contributed by atoms with van der Waals surface area (Å²) in [5.41, 5.74) is 2.04. The van der Waals surface area contributed by atoms with Crippen molar-refractivity contribution in [1.82, 2.24) is 0 Å². The minimum atomic E-state index is -1.40. The van der Waals surface area contributed by atoms with Gasteiger partial charge in [-0.05, 0) is 24.3 Å². The molecule has 2 aromatic carbocycles. The van der Waals surface area contributed by atoms with Crippen LogP contribution in [0.5, 0.6) is 0 Å². The molecular formula is C15H8O4. The molecule has 0 atom stereocenters. The molecule has 0 fully saturated rings. The fourth-order valence-electron chi connectivity index (χ4n) is 2.65. The molecule has 1 spiro atoms. The fraction of sp³-hybridized carbons (Fsp3) is 0.0667. The molecule has 4 nitrogen and oxygen atoms in total. The highest BCUT2D eigenvalue weighted by molar-refractivity contribution is 6.00. The lowest BCUT2D eigenvalue weighted by Crippen LogP contribution is -2.27. The first-order valence-corrected chi connectivity index (χ1v) is 5.88. The van der Waals surface area contributed by atoms with Gasteiger partial charge >= 0.3 is 17.7 Å². The molecule has 0 saturated carbocycles.